The normalized spacial score (nSPS) is 18.1. The van der Waals surface area contributed by atoms with Crippen LogP contribution in [0.5, 0.6) is 0 Å². The van der Waals surface area contributed by atoms with Crippen LogP contribution in [-0.4, -0.2) is 73.2 Å². The molecule has 1 amide bonds. The maximum atomic E-state index is 14.0. The van der Waals surface area contributed by atoms with Crippen LogP contribution in [0.25, 0.3) is 11.5 Å². The lowest BCUT2D eigenvalue weighted by molar-refractivity contribution is -0.150. The predicted molar refractivity (Wildman–Crippen MR) is 122 cm³/mol. The van der Waals surface area contributed by atoms with Gasteiger partial charge in [0.1, 0.15) is 35.2 Å². The molecule has 2 atom stereocenters. The molecule has 0 saturated carbocycles. The second-order valence-electron chi connectivity index (χ2n) is 8.64. The Balaban J connectivity index is 1.42. The van der Waals surface area contributed by atoms with Crippen LogP contribution in [0.15, 0.2) is 24.3 Å². The smallest absolute Gasteiger partial charge is 0.270 e. The van der Waals surface area contributed by atoms with Crippen molar-refractivity contribution in [3.8, 4) is 11.5 Å². The third-order valence-electron chi connectivity index (χ3n) is 5.49. The van der Waals surface area contributed by atoms with Gasteiger partial charge in [0.05, 0.1) is 26.4 Å². The summed E-state index contributed by atoms with van der Waals surface area (Å²) in [5, 5.41) is 24.3. The van der Waals surface area contributed by atoms with Gasteiger partial charge >= 0.3 is 0 Å². The number of carbonyl (C=O) groups excluding carboxylic acids is 1. The van der Waals surface area contributed by atoms with Gasteiger partial charge in [0, 0.05) is 6.54 Å². The largest absolute Gasteiger partial charge is 0.394 e. The van der Waals surface area contributed by atoms with Gasteiger partial charge in [-0.25, -0.2) is 14.4 Å². The van der Waals surface area contributed by atoms with E-state index in [0.717, 1.165) is 5.56 Å². The van der Waals surface area contributed by atoms with Crippen molar-refractivity contribution in [2.45, 2.75) is 52.0 Å². The van der Waals surface area contributed by atoms with Gasteiger partial charge < -0.3 is 19.9 Å². The first kappa shape index (κ1) is 24.8. The molecule has 1 fully saturated rings. The van der Waals surface area contributed by atoms with Crippen LogP contribution in [0.2, 0.25) is 0 Å². The third kappa shape index (κ3) is 6.21. The molecule has 3 heterocycles. The lowest BCUT2D eigenvalue weighted by Gasteiger charge is -2.27. The summed E-state index contributed by atoms with van der Waals surface area (Å²) >= 11 is 0. The minimum atomic E-state index is -0.397. The maximum Gasteiger partial charge on any atom is 0.270 e. The molecule has 3 aromatic rings. The molecular formula is C23H28FN7O4. The van der Waals surface area contributed by atoms with Crippen molar-refractivity contribution in [1.29, 1.82) is 0 Å². The molecule has 0 aliphatic carbocycles. The van der Waals surface area contributed by atoms with Crippen molar-refractivity contribution >= 4 is 5.91 Å². The molecule has 11 nitrogen and oxygen atoms in total. The lowest BCUT2D eigenvalue weighted by Crippen LogP contribution is -2.40. The van der Waals surface area contributed by atoms with E-state index in [1.165, 1.54) is 16.9 Å². The number of nitrogens with zero attached hydrogens (tertiary/aromatic N) is 6. The lowest BCUT2D eigenvalue weighted by atomic mass is 10.00. The number of aryl methyl sites for hydroxylation is 1. The second kappa shape index (κ2) is 10.9. The average molecular weight is 486 g/mol. The number of benzene rings is 1. The molecule has 1 unspecified atom stereocenters. The van der Waals surface area contributed by atoms with Crippen LogP contribution < -0.4 is 5.32 Å². The number of halogens is 1. The highest BCUT2D eigenvalue weighted by atomic mass is 19.1. The number of rotatable bonds is 8. The number of aliphatic hydroxyl groups is 1. The van der Waals surface area contributed by atoms with Gasteiger partial charge in [-0.05, 0) is 41.3 Å². The van der Waals surface area contributed by atoms with E-state index >= 15 is 0 Å². The van der Waals surface area contributed by atoms with Crippen LogP contribution in [0.3, 0.4) is 0 Å². The Morgan fingerprint density at radius 2 is 2.00 bits per heavy atom. The summed E-state index contributed by atoms with van der Waals surface area (Å²) in [5.74, 6) is 0.00392. The van der Waals surface area contributed by atoms with Gasteiger partial charge in [-0.3, -0.25) is 4.79 Å². The van der Waals surface area contributed by atoms with Crippen LogP contribution in [0.1, 0.15) is 47.2 Å². The van der Waals surface area contributed by atoms with E-state index in [2.05, 4.69) is 30.7 Å². The minimum Gasteiger partial charge on any atom is -0.394 e. The second-order valence-corrected chi connectivity index (χ2v) is 8.64. The number of ether oxygens (including phenoxy) is 2. The topological polar surface area (TPSA) is 137 Å². The zero-order valence-corrected chi connectivity index (χ0v) is 19.8. The summed E-state index contributed by atoms with van der Waals surface area (Å²) in [4.78, 5) is 22.7. The summed E-state index contributed by atoms with van der Waals surface area (Å²) < 4.78 is 25.1. The molecule has 1 aromatic carbocycles. The van der Waals surface area contributed by atoms with Crippen molar-refractivity contribution in [3.05, 3.63) is 52.7 Å². The minimum absolute atomic E-state index is 0.0355. The molecule has 0 bridgehead atoms. The molecule has 0 spiro atoms. The van der Waals surface area contributed by atoms with Crippen LogP contribution >= 0.6 is 0 Å². The highest BCUT2D eigenvalue weighted by Crippen LogP contribution is 2.20. The molecule has 0 radical (unpaired) electrons. The summed E-state index contributed by atoms with van der Waals surface area (Å²) in [7, 11) is 0. The van der Waals surface area contributed by atoms with E-state index in [9.17, 15) is 9.18 Å². The quantitative estimate of drug-likeness (QED) is 0.485. The number of hydrogen-bond donors (Lipinski definition) is 2. The Morgan fingerprint density at radius 3 is 2.71 bits per heavy atom. The summed E-state index contributed by atoms with van der Waals surface area (Å²) in [6, 6.07) is 6.31. The van der Waals surface area contributed by atoms with E-state index in [1.807, 2.05) is 13.8 Å². The van der Waals surface area contributed by atoms with Crippen molar-refractivity contribution in [2.75, 3.05) is 19.8 Å². The zero-order valence-electron chi connectivity index (χ0n) is 19.8. The van der Waals surface area contributed by atoms with E-state index in [0.29, 0.717) is 36.8 Å². The molecule has 35 heavy (non-hydrogen) atoms. The number of aliphatic hydroxyl groups excluding tert-OH is 1. The van der Waals surface area contributed by atoms with Crippen LogP contribution in [0.4, 0.5) is 4.39 Å². The van der Waals surface area contributed by atoms with E-state index < -0.39 is 5.91 Å². The van der Waals surface area contributed by atoms with E-state index in [4.69, 9.17) is 14.6 Å². The number of nitrogens with one attached hydrogen (secondary N) is 1. The molecule has 2 N–H and O–H groups in total. The number of tetrazole rings is 1. The number of amides is 1. The molecule has 1 aliphatic rings. The zero-order chi connectivity index (χ0) is 24.9. The molecule has 186 valence electrons. The fourth-order valence-corrected chi connectivity index (χ4v) is 3.62. The highest BCUT2D eigenvalue weighted by Gasteiger charge is 2.23. The Hall–Kier alpha value is -3.35. The highest BCUT2D eigenvalue weighted by molar-refractivity contribution is 5.93. The Kier molecular flexibility index (Phi) is 7.73. The first-order valence-electron chi connectivity index (χ1n) is 11.4. The fourth-order valence-electron chi connectivity index (χ4n) is 3.62. The Morgan fingerprint density at radius 1 is 1.23 bits per heavy atom. The Labute approximate surface area is 201 Å². The van der Waals surface area contributed by atoms with E-state index in [1.54, 1.807) is 19.1 Å². The maximum absolute atomic E-state index is 14.0. The number of carbonyl (C=O) groups is 1. The van der Waals surface area contributed by atoms with Crippen molar-refractivity contribution in [1.82, 2.24) is 35.5 Å². The van der Waals surface area contributed by atoms with Crippen LogP contribution in [-0.2, 0) is 22.6 Å². The van der Waals surface area contributed by atoms with Crippen LogP contribution in [0, 0.1) is 12.7 Å². The average Bonchev–Trinajstić information content (AvgIpc) is 3.31. The van der Waals surface area contributed by atoms with Gasteiger partial charge in [-0.1, -0.05) is 26.0 Å². The summed E-state index contributed by atoms with van der Waals surface area (Å²) in [5.41, 5.74) is 1.91. The number of hydrogen-bond acceptors (Lipinski definition) is 9. The van der Waals surface area contributed by atoms with Gasteiger partial charge in [0.15, 0.2) is 0 Å². The monoisotopic (exact) mass is 485 g/mol. The molecule has 2 aromatic heterocycles. The third-order valence-corrected chi connectivity index (χ3v) is 5.49. The summed E-state index contributed by atoms with van der Waals surface area (Å²) in [6.07, 6.45) is -0.588. The van der Waals surface area contributed by atoms with Crippen molar-refractivity contribution in [2.24, 2.45) is 0 Å². The first-order chi connectivity index (χ1) is 16.8. The predicted octanol–water partition coefficient (Wildman–Crippen LogP) is 1.41. The van der Waals surface area contributed by atoms with Gasteiger partial charge in [-0.2, -0.15) is 4.80 Å². The molecular weight excluding hydrogens is 457 g/mol. The molecule has 4 rings (SSSR count). The summed E-state index contributed by atoms with van der Waals surface area (Å²) in [6.45, 7) is 6.56. The number of aromatic nitrogens is 6. The fraction of sp³-hybridized carbons (Fsp3) is 0.478. The van der Waals surface area contributed by atoms with Crippen molar-refractivity contribution < 1.29 is 23.8 Å². The Bertz CT molecular complexity index is 1180. The molecule has 12 heteroatoms. The SMILES string of the molecule is Cc1nc(C(=O)NCc2ccc(F)c(C(C)C)c2)cc(-c2nnn(C[C@H]3COC(CO)CO3)n2)n1. The van der Waals surface area contributed by atoms with Gasteiger partial charge in [-0.15, -0.1) is 10.2 Å². The standard InChI is InChI=1S/C23H28FN7O4/c1-13(2)18-6-15(4-5-19(18)24)8-25-23(33)21-7-20(26-14(3)27-21)22-28-30-31(29-22)9-16-11-35-17(10-32)12-34-16/h4-7,13,16-17,32H,8-12H2,1-3H3,(H,25,33)/t16-,17?/m0/s1. The molecule has 1 aliphatic heterocycles. The first-order valence-corrected chi connectivity index (χ1v) is 11.4. The van der Waals surface area contributed by atoms with Gasteiger partial charge in [0.25, 0.3) is 5.91 Å². The van der Waals surface area contributed by atoms with Gasteiger partial charge in [0.2, 0.25) is 5.82 Å². The van der Waals surface area contributed by atoms with E-state index in [-0.39, 0.29) is 48.6 Å². The van der Waals surface area contributed by atoms with Crippen molar-refractivity contribution in [3.63, 3.8) is 0 Å². The molecule has 1 saturated heterocycles.